The Kier molecular flexibility index (Phi) is 4.23. The highest BCUT2D eigenvalue weighted by atomic mass is 16.3. The van der Waals surface area contributed by atoms with Crippen molar-refractivity contribution in [1.29, 1.82) is 0 Å². The Morgan fingerprint density at radius 2 is 2.15 bits per heavy atom. The normalized spacial score (nSPS) is 30.1. The number of hydrogen-bond donors (Lipinski definition) is 1. The number of aliphatic hydroxyl groups excluding tert-OH is 1. The van der Waals surface area contributed by atoms with E-state index < -0.39 is 0 Å². The molecule has 1 unspecified atom stereocenters. The summed E-state index contributed by atoms with van der Waals surface area (Å²) in [6.45, 7) is 4.03. The molecule has 0 spiro atoms. The predicted molar refractivity (Wildman–Crippen MR) is 56.5 cm³/mol. The van der Waals surface area contributed by atoms with Crippen LogP contribution in [0, 0.1) is 11.8 Å². The molecule has 13 heavy (non-hydrogen) atoms. The van der Waals surface area contributed by atoms with Gasteiger partial charge in [-0.25, -0.2) is 0 Å². The molecule has 1 rings (SSSR count). The molecule has 1 fully saturated rings. The quantitative estimate of drug-likeness (QED) is 0.645. The van der Waals surface area contributed by atoms with Crippen LogP contribution < -0.4 is 0 Å². The molecule has 1 aliphatic carbocycles. The van der Waals surface area contributed by atoms with Crippen LogP contribution in [0.5, 0.6) is 0 Å². The summed E-state index contributed by atoms with van der Waals surface area (Å²) in [4.78, 5) is 0. The predicted octanol–water partition coefficient (Wildman–Crippen LogP) is 2.92. The van der Waals surface area contributed by atoms with Gasteiger partial charge in [0.05, 0.1) is 6.10 Å². The van der Waals surface area contributed by atoms with Crippen molar-refractivity contribution in [2.24, 2.45) is 11.8 Å². The van der Waals surface area contributed by atoms with Crippen LogP contribution in [0.3, 0.4) is 0 Å². The third-order valence-corrected chi connectivity index (χ3v) is 2.67. The van der Waals surface area contributed by atoms with Crippen LogP contribution in [0.1, 0.15) is 33.1 Å². The number of rotatable bonds is 5. The molecule has 0 bridgehead atoms. The Bertz CT molecular complexity index is 191. The molecule has 1 heteroatoms. The average molecular weight is 180 g/mol. The summed E-state index contributed by atoms with van der Waals surface area (Å²) < 4.78 is 0. The molecule has 0 saturated heterocycles. The smallest absolute Gasteiger partial charge is 0.0695 e. The fraction of sp³-hybridized carbons (Fsp3) is 0.667. The van der Waals surface area contributed by atoms with Gasteiger partial charge in [0.2, 0.25) is 0 Å². The highest BCUT2D eigenvalue weighted by Gasteiger charge is 2.33. The minimum Gasteiger partial charge on any atom is -0.389 e. The van der Waals surface area contributed by atoms with Crippen LogP contribution in [0.25, 0.3) is 0 Å². The van der Waals surface area contributed by atoms with Gasteiger partial charge in [-0.15, -0.1) is 0 Å². The summed E-state index contributed by atoms with van der Waals surface area (Å²) in [5, 5.41) is 8.93. The van der Waals surface area contributed by atoms with Gasteiger partial charge in [0, 0.05) is 0 Å². The van der Waals surface area contributed by atoms with Crippen molar-refractivity contribution in [2.45, 2.75) is 39.2 Å². The zero-order valence-corrected chi connectivity index (χ0v) is 8.61. The van der Waals surface area contributed by atoms with Crippen molar-refractivity contribution in [3.05, 3.63) is 24.3 Å². The van der Waals surface area contributed by atoms with Crippen molar-refractivity contribution in [2.75, 3.05) is 0 Å². The molecule has 0 aromatic rings. The average Bonchev–Trinajstić information content (AvgIpc) is 2.82. The Hall–Kier alpha value is -0.560. The van der Waals surface area contributed by atoms with Crippen LogP contribution >= 0.6 is 0 Å². The van der Waals surface area contributed by atoms with E-state index in [1.54, 1.807) is 13.0 Å². The lowest BCUT2D eigenvalue weighted by atomic mass is 10.2. The van der Waals surface area contributed by atoms with Gasteiger partial charge < -0.3 is 5.11 Å². The second-order valence-electron chi connectivity index (χ2n) is 3.95. The molecular weight excluding hydrogens is 160 g/mol. The molecule has 74 valence electrons. The van der Waals surface area contributed by atoms with Crippen molar-refractivity contribution >= 4 is 0 Å². The molecule has 1 saturated carbocycles. The van der Waals surface area contributed by atoms with E-state index in [0.29, 0.717) is 0 Å². The molecule has 0 aromatic heterocycles. The van der Waals surface area contributed by atoms with Gasteiger partial charge in [-0.05, 0) is 31.6 Å². The van der Waals surface area contributed by atoms with Crippen molar-refractivity contribution < 1.29 is 5.11 Å². The zero-order valence-electron chi connectivity index (χ0n) is 8.61. The van der Waals surface area contributed by atoms with Gasteiger partial charge in [0.25, 0.3) is 0 Å². The molecule has 0 heterocycles. The van der Waals surface area contributed by atoms with E-state index in [1.807, 2.05) is 12.2 Å². The first-order valence-electron chi connectivity index (χ1n) is 5.25. The SMILES string of the molecule is CC[C@@H]1C[C@@H]1C/C=C\C=C\C(C)O. The zero-order chi connectivity index (χ0) is 9.68. The maximum atomic E-state index is 8.93. The minimum atomic E-state index is -0.325. The second-order valence-corrected chi connectivity index (χ2v) is 3.95. The molecule has 0 aromatic carbocycles. The standard InChI is InChI=1S/C12H20O/c1-3-11-9-12(11)8-6-4-5-7-10(2)13/h4-7,10-13H,3,8-9H2,1-2H3/b6-4-,7-5+/t10?,11-,12+/m1/s1. The Balaban J connectivity index is 2.06. The third-order valence-electron chi connectivity index (χ3n) is 2.67. The first-order chi connectivity index (χ1) is 6.24. The summed E-state index contributed by atoms with van der Waals surface area (Å²) in [5.74, 6) is 1.94. The van der Waals surface area contributed by atoms with Crippen LogP contribution in [0.2, 0.25) is 0 Å². The molecule has 3 atom stereocenters. The van der Waals surface area contributed by atoms with Gasteiger partial charge in [-0.3, -0.25) is 0 Å². The molecule has 0 amide bonds. The minimum absolute atomic E-state index is 0.325. The van der Waals surface area contributed by atoms with Crippen LogP contribution in [-0.2, 0) is 0 Å². The van der Waals surface area contributed by atoms with E-state index >= 15 is 0 Å². The maximum Gasteiger partial charge on any atom is 0.0695 e. The van der Waals surface area contributed by atoms with E-state index in [2.05, 4.69) is 13.0 Å². The summed E-state index contributed by atoms with van der Waals surface area (Å²) in [5.41, 5.74) is 0. The number of allylic oxidation sites excluding steroid dienone is 3. The molecule has 0 aliphatic heterocycles. The molecule has 1 nitrogen and oxygen atoms in total. The Morgan fingerprint density at radius 3 is 2.69 bits per heavy atom. The van der Waals surface area contributed by atoms with Gasteiger partial charge >= 0.3 is 0 Å². The largest absolute Gasteiger partial charge is 0.389 e. The first-order valence-corrected chi connectivity index (χ1v) is 5.25. The highest BCUT2D eigenvalue weighted by molar-refractivity contribution is 5.05. The summed E-state index contributed by atoms with van der Waals surface area (Å²) in [6.07, 6.45) is 11.6. The number of hydrogen-bond acceptors (Lipinski definition) is 1. The first kappa shape index (κ1) is 10.5. The van der Waals surface area contributed by atoms with E-state index in [9.17, 15) is 0 Å². The topological polar surface area (TPSA) is 20.2 Å². The molecular formula is C12H20O. The van der Waals surface area contributed by atoms with E-state index in [4.69, 9.17) is 5.11 Å². The van der Waals surface area contributed by atoms with Crippen molar-refractivity contribution in [1.82, 2.24) is 0 Å². The number of aliphatic hydroxyl groups is 1. The Labute approximate surface area is 81.2 Å². The summed E-state index contributed by atoms with van der Waals surface area (Å²) in [7, 11) is 0. The molecule has 1 aliphatic rings. The van der Waals surface area contributed by atoms with E-state index in [0.717, 1.165) is 11.8 Å². The highest BCUT2D eigenvalue weighted by Crippen LogP contribution is 2.43. The maximum absolute atomic E-state index is 8.93. The fourth-order valence-corrected chi connectivity index (χ4v) is 1.66. The van der Waals surface area contributed by atoms with Gasteiger partial charge in [-0.1, -0.05) is 37.6 Å². The van der Waals surface area contributed by atoms with Gasteiger partial charge in [0.15, 0.2) is 0 Å². The lowest BCUT2D eigenvalue weighted by Gasteiger charge is -1.91. The van der Waals surface area contributed by atoms with E-state index in [1.165, 1.54) is 19.3 Å². The lowest BCUT2D eigenvalue weighted by Crippen LogP contribution is -1.90. The van der Waals surface area contributed by atoms with Crippen molar-refractivity contribution in [3.63, 3.8) is 0 Å². The van der Waals surface area contributed by atoms with Crippen LogP contribution in [0.15, 0.2) is 24.3 Å². The van der Waals surface area contributed by atoms with E-state index in [-0.39, 0.29) is 6.10 Å². The summed E-state index contributed by atoms with van der Waals surface area (Å²) in [6, 6.07) is 0. The van der Waals surface area contributed by atoms with Gasteiger partial charge in [-0.2, -0.15) is 0 Å². The third kappa shape index (κ3) is 4.28. The lowest BCUT2D eigenvalue weighted by molar-refractivity contribution is 0.244. The monoisotopic (exact) mass is 180 g/mol. The summed E-state index contributed by atoms with van der Waals surface area (Å²) >= 11 is 0. The molecule has 1 N–H and O–H groups in total. The second kappa shape index (κ2) is 5.23. The fourth-order valence-electron chi connectivity index (χ4n) is 1.66. The van der Waals surface area contributed by atoms with Crippen molar-refractivity contribution in [3.8, 4) is 0 Å². The van der Waals surface area contributed by atoms with Gasteiger partial charge in [0.1, 0.15) is 0 Å². The van der Waals surface area contributed by atoms with Crippen LogP contribution in [-0.4, -0.2) is 11.2 Å². The Morgan fingerprint density at radius 1 is 1.38 bits per heavy atom. The molecule has 0 radical (unpaired) electrons. The van der Waals surface area contributed by atoms with Crippen LogP contribution in [0.4, 0.5) is 0 Å².